The van der Waals surface area contributed by atoms with E-state index in [1.807, 2.05) is 43.3 Å². The number of hydrogen-bond donors (Lipinski definition) is 0. The van der Waals surface area contributed by atoms with Crippen molar-refractivity contribution in [3.63, 3.8) is 0 Å². The van der Waals surface area contributed by atoms with Crippen molar-refractivity contribution in [3.05, 3.63) is 102 Å². The Hall–Kier alpha value is -2.77. The van der Waals surface area contributed by atoms with Crippen LogP contribution in [0.5, 0.6) is 0 Å². The minimum absolute atomic E-state index is 0.0584. The summed E-state index contributed by atoms with van der Waals surface area (Å²) in [5, 5.41) is 0.426. The first-order chi connectivity index (χ1) is 14.4. The minimum atomic E-state index is -0.640. The van der Waals surface area contributed by atoms with Gasteiger partial charge in [0.2, 0.25) is 5.76 Å². The Bertz CT molecular complexity index is 1400. The first kappa shape index (κ1) is 19.2. The molecule has 1 amide bonds. The van der Waals surface area contributed by atoms with Gasteiger partial charge in [-0.05, 0) is 55.0 Å². The molecule has 4 aromatic rings. The summed E-state index contributed by atoms with van der Waals surface area (Å²) in [6, 6.07) is 17.6. The highest BCUT2D eigenvalue weighted by Gasteiger charge is 2.44. The summed E-state index contributed by atoms with van der Waals surface area (Å²) in [6.45, 7) is 1.86. The fourth-order valence-corrected chi connectivity index (χ4v) is 4.61. The number of fused-ring (bicyclic) bond motifs is 2. The van der Waals surface area contributed by atoms with E-state index >= 15 is 0 Å². The molecule has 1 aliphatic rings. The van der Waals surface area contributed by atoms with Crippen molar-refractivity contribution in [3.8, 4) is 0 Å². The lowest BCUT2D eigenvalue weighted by Crippen LogP contribution is -2.30. The lowest BCUT2D eigenvalue weighted by molar-refractivity contribution is 0.0970. The zero-order valence-corrected chi connectivity index (χ0v) is 18.9. The first-order valence-corrected chi connectivity index (χ1v) is 10.8. The van der Waals surface area contributed by atoms with Gasteiger partial charge >= 0.3 is 0 Å². The van der Waals surface area contributed by atoms with Crippen molar-refractivity contribution in [2.45, 2.75) is 13.0 Å². The average molecular weight is 526 g/mol. The van der Waals surface area contributed by atoms with Gasteiger partial charge in [-0.1, -0.05) is 50.1 Å². The van der Waals surface area contributed by atoms with Crippen molar-refractivity contribution >= 4 is 54.6 Å². The fourth-order valence-electron chi connectivity index (χ4n) is 3.84. The zero-order chi connectivity index (χ0) is 21.0. The number of aryl methyl sites for hydroxylation is 1. The number of hydrogen-bond acceptors (Lipinski definition) is 4. The molecule has 5 nitrogen and oxygen atoms in total. The number of aromatic nitrogens is 1. The molecule has 0 bridgehead atoms. The summed E-state index contributed by atoms with van der Waals surface area (Å²) in [7, 11) is 0. The van der Waals surface area contributed by atoms with Gasteiger partial charge in [0, 0.05) is 14.6 Å². The highest BCUT2D eigenvalue weighted by molar-refractivity contribution is 9.10. The Morgan fingerprint density at radius 1 is 0.967 bits per heavy atom. The fraction of sp³-hybridized carbons (Fsp3) is 0.0870. The molecule has 3 heterocycles. The van der Waals surface area contributed by atoms with Crippen LogP contribution in [0.25, 0.3) is 11.0 Å². The van der Waals surface area contributed by atoms with E-state index in [2.05, 4.69) is 36.8 Å². The van der Waals surface area contributed by atoms with Crippen LogP contribution in [0.2, 0.25) is 0 Å². The Labute approximate surface area is 188 Å². The largest absolute Gasteiger partial charge is 0.450 e. The number of rotatable bonds is 2. The molecule has 0 spiro atoms. The molecule has 1 atom stereocenters. The van der Waals surface area contributed by atoms with Crippen LogP contribution in [0.15, 0.2) is 78.8 Å². The summed E-state index contributed by atoms with van der Waals surface area (Å²) in [4.78, 5) is 33.1. The highest BCUT2D eigenvalue weighted by atomic mass is 79.9. The summed E-state index contributed by atoms with van der Waals surface area (Å²) in [5.41, 5.74) is 2.05. The van der Waals surface area contributed by atoms with Gasteiger partial charge in [0.25, 0.3) is 5.91 Å². The third kappa shape index (κ3) is 3.00. The Kier molecular flexibility index (Phi) is 4.60. The molecule has 0 N–H and O–H groups in total. The van der Waals surface area contributed by atoms with E-state index in [4.69, 9.17) is 4.42 Å². The summed E-state index contributed by atoms with van der Waals surface area (Å²) in [5.74, 6) is 0.152. The maximum atomic E-state index is 13.5. The smallest absolute Gasteiger partial charge is 0.296 e. The lowest BCUT2D eigenvalue weighted by atomic mass is 9.98. The van der Waals surface area contributed by atoms with Crippen molar-refractivity contribution in [2.75, 3.05) is 4.90 Å². The normalized spacial score (nSPS) is 15.6. The van der Waals surface area contributed by atoms with Crippen molar-refractivity contribution < 1.29 is 9.21 Å². The summed E-state index contributed by atoms with van der Waals surface area (Å²) in [6.07, 6.45) is 0. The maximum absolute atomic E-state index is 13.5. The van der Waals surface area contributed by atoms with Crippen LogP contribution in [0.3, 0.4) is 0 Å². The van der Waals surface area contributed by atoms with Crippen molar-refractivity contribution in [1.82, 2.24) is 4.98 Å². The molecule has 0 fully saturated rings. The van der Waals surface area contributed by atoms with Crippen LogP contribution in [0.1, 0.15) is 33.4 Å². The number of pyridine rings is 1. The van der Waals surface area contributed by atoms with E-state index in [1.165, 1.54) is 4.90 Å². The number of carbonyl (C=O) groups is 1. The predicted molar refractivity (Wildman–Crippen MR) is 122 cm³/mol. The van der Waals surface area contributed by atoms with Gasteiger partial charge in [0.15, 0.2) is 5.43 Å². The first-order valence-electron chi connectivity index (χ1n) is 9.23. The number of nitrogens with zero attached hydrogens (tertiary/aromatic N) is 2. The molecule has 2 aromatic carbocycles. The Morgan fingerprint density at radius 2 is 1.73 bits per heavy atom. The molecule has 148 valence electrons. The van der Waals surface area contributed by atoms with Crippen LogP contribution in [0.4, 0.5) is 5.82 Å². The highest BCUT2D eigenvalue weighted by Crippen LogP contribution is 2.41. The molecule has 7 heteroatoms. The van der Waals surface area contributed by atoms with E-state index in [9.17, 15) is 9.59 Å². The predicted octanol–water partition coefficient (Wildman–Crippen LogP) is 5.77. The molecule has 0 saturated carbocycles. The second-order valence-electron chi connectivity index (χ2n) is 7.08. The standard InChI is InChI=1S/C23H14Br2N2O3/c1-12-4-2-7-18(26-12)27-20(13-5-3-6-14(24)10-13)19-21(28)16-11-15(25)8-9-17(16)30-22(19)23(27)29/h2-11,20H,1H3. The zero-order valence-electron chi connectivity index (χ0n) is 15.7. The number of amides is 1. The molecule has 0 saturated heterocycles. The molecule has 1 unspecified atom stereocenters. The Morgan fingerprint density at radius 3 is 2.50 bits per heavy atom. The molecule has 2 aromatic heterocycles. The monoisotopic (exact) mass is 524 g/mol. The van der Waals surface area contributed by atoms with E-state index < -0.39 is 6.04 Å². The molecule has 30 heavy (non-hydrogen) atoms. The summed E-state index contributed by atoms with van der Waals surface area (Å²) >= 11 is 6.90. The Balaban J connectivity index is 1.84. The van der Waals surface area contributed by atoms with Gasteiger partial charge < -0.3 is 4.42 Å². The third-order valence-corrected chi connectivity index (χ3v) is 6.10. The number of halogens is 2. The molecule has 5 rings (SSSR count). The summed E-state index contributed by atoms with van der Waals surface area (Å²) < 4.78 is 7.58. The topological polar surface area (TPSA) is 63.4 Å². The minimum Gasteiger partial charge on any atom is -0.450 e. The number of carbonyl (C=O) groups excluding carboxylic acids is 1. The van der Waals surface area contributed by atoms with Gasteiger partial charge in [-0.25, -0.2) is 4.98 Å². The van der Waals surface area contributed by atoms with E-state index in [0.29, 0.717) is 22.4 Å². The van der Waals surface area contributed by atoms with Crippen molar-refractivity contribution in [2.24, 2.45) is 0 Å². The van der Waals surface area contributed by atoms with E-state index in [1.54, 1.807) is 24.3 Å². The van der Waals surface area contributed by atoms with Gasteiger partial charge in [-0.2, -0.15) is 0 Å². The number of benzene rings is 2. The van der Waals surface area contributed by atoms with Gasteiger partial charge in [0.05, 0.1) is 17.0 Å². The molecule has 0 aliphatic carbocycles. The second kappa shape index (κ2) is 7.18. The molecular formula is C23H14Br2N2O3. The van der Waals surface area contributed by atoms with Crippen molar-refractivity contribution in [1.29, 1.82) is 0 Å². The molecule has 1 aliphatic heterocycles. The molecule has 0 radical (unpaired) electrons. The van der Waals surface area contributed by atoms with Crippen LogP contribution in [0, 0.1) is 6.92 Å². The van der Waals surface area contributed by atoms with Crippen LogP contribution < -0.4 is 10.3 Å². The average Bonchev–Trinajstić information content (AvgIpc) is 3.01. The van der Waals surface area contributed by atoms with Gasteiger partial charge in [-0.3, -0.25) is 14.5 Å². The van der Waals surface area contributed by atoms with Crippen LogP contribution in [-0.2, 0) is 0 Å². The van der Waals surface area contributed by atoms with Crippen LogP contribution >= 0.6 is 31.9 Å². The maximum Gasteiger partial charge on any atom is 0.296 e. The lowest BCUT2D eigenvalue weighted by Gasteiger charge is -2.24. The van der Waals surface area contributed by atoms with Gasteiger partial charge in [-0.15, -0.1) is 0 Å². The van der Waals surface area contributed by atoms with E-state index in [0.717, 1.165) is 20.2 Å². The SMILES string of the molecule is Cc1cccc(N2C(=O)c3oc4ccc(Br)cc4c(=O)c3C2c2cccc(Br)c2)n1. The second-order valence-corrected chi connectivity index (χ2v) is 8.92. The van der Waals surface area contributed by atoms with Gasteiger partial charge in [0.1, 0.15) is 11.4 Å². The quantitative estimate of drug-likeness (QED) is 0.333. The molecular weight excluding hydrogens is 512 g/mol. The van der Waals surface area contributed by atoms with E-state index in [-0.39, 0.29) is 17.1 Å². The van der Waals surface area contributed by atoms with Crippen LogP contribution in [-0.4, -0.2) is 10.9 Å². The number of anilines is 1. The third-order valence-electron chi connectivity index (χ3n) is 5.12.